The molecule has 1 aromatic carbocycles. The van der Waals surface area contributed by atoms with Crippen LogP contribution < -0.4 is 4.74 Å². The van der Waals surface area contributed by atoms with Gasteiger partial charge in [0.2, 0.25) is 0 Å². The number of benzene rings is 1. The van der Waals surface area contributed by atoms with Crippen molar-refractivity contribution >= 4 is 5.97 Å². The van der Waals surface area contributed by atoms with Gasteiger partial charge in [-0.1, -0.05) is 32.6 Å². The zero-order chi connectivity index (χ0) is 13.8. The SMILES string of the molecule is C=C(C)COc1ccc(C(C)(C)CC(=O)O)cc1. The number of carboxylic acid groups (broad SMARTS) is 1. The average molecular weight is 248 g/mol. The predicted octanol–water partition coefficient (Wildman–Crippen LogP) is 3.39. The van der Waals surface area contributed by atoms with Gasteiger partial charge in [0.25, 0.3) is 0 Å². The van der Waals surface area contributed by atoms with Gasteiger partial charge in [-0.15, -0.1) is 0 Å². The van der Waals surface area contributed by atoms with E-state index >= 15 is 0 Å². The van der Waals surface area contributed by atoms with Gasteiger partial charge in [-0.05, 0) is 30.2 Å². The summed E-state index contributed by atoms with van der Waals surface area (Å²) in [5, 5.41) is 8.88. The molecule has 0 spiro atoms. The first-order valence-electron chi connectivity index (χ1n) is 5.91. The van der Waals surface area contributed by atoms with Crippen molar-refractivity contribution in [2.75, 3.05) is 6.61 Å². The number of hydrogen-bond acceptors (Lipinski definition) is 2. The summed E-state index contributed by atoms with van der Waals surface area (Å²) in [6.45, 7) is 10.0. The van der Waals surface area contributed by atoms with Crippen LogP contribution in [-0.2, 0) is 10.2 Å². The van der Waals surface area contributed by atoms with E-state index in [1.54, 1.807) is 0 Å². The number of aliphatic carboxylic acids is 1. The second-order valence-electron chi connectivity index (χ2n) is 5.22. The summed E-state index contributed by atoms with van der Waals surface area (Å²) < 4.78 is 5.50. The average Bonchev–Trinajstić information content (AvgIpc) is 2.25. The topological polar surface area (TPSA) is 46.5 Å². The fraction of sp³-hybridized carbons (Fsp3) is 0.400. The van der Waals surface area contributed by atoms with Crippen molar-refractivity contribution in [1.82, 2.24) is 0 Å². The highest BCUT2D eigenvalue weighted by Gasteiger charge is 2.23. The molecule has 1 rings (SSSR count). The van der Waals surface area contributed by atoms with Crippen molar-refractivity contribution in [3.63, 3.8) is 0 Å². The summed E-state index contributed by atoms with van der Waals surface area (Å²) in [6, 6.07) is 7.55. The number of hydrogen-bond donors (Lipinski definition) is 1. The minimum absolute atomic E-state index is 0.110. The lowest BCUT2D eigenvalue weighted by Crippen LogP contribution is -2.21. The fourth-order valence-corrected chi connectivity index (χ4v) is 1.69. The first-order chi connectivity index (χ1) is 8.31. The largest absolute Gasteiger partial charge is 0.489 e. The zero-order valence-electron chi connectivity index (χ0n) is 11.2. The molecule has 0 heterocycles. The Kier molecular flexibility index (Phi) is 4.54. The molecular formula is C15H20O3. The predicted molar refractivity (Wildman–Crippen MR) is 72.0 cm³/mol. The molecule has 1 aromatic rings. The van der Waals surface area contributed by atoms with Gasteiger partial charge in [-0.3, -0.25) is 4.79 Å². The molecule has 0 saturated carbocycles. The number of ether oxygens (including phenoxy) is 1. The molecule has 0 saturated heterocycles. The molecule has 3 heteroatoms. The van der Waals surface area contributed by atoms with E-state index in [0.717, 1.165) is 16.9 Å². The van der Waals surface area contributed by atoms with E-state index in [1.807, 2.05) is 45.0 Å². The number of carbonyl (C=O) groups is 1. The Morgan fingerprint density at radius 2 is 1.89 bits per heavy atom. The molecule has 1 N–H and O–H groups in total. The molecule has 0 aliphatic rings. The Bertz CT molecular complexity index is 430. The number of carboxylic acids is 1. The van der Waals surface area contributed by atoms with Gasteiger partial charge in [-0.25, -0.2) is 0 Å². The summed E-state index contributed by atoms with van der Waals surface area (Å²) in [6.07, 6.45) is 0.110. The quantitative estimate of drug-likeness (QED) is 0.785. The van der Waals surface area contributed by atoms with Gasteiger partial charge in [0.05, 0.1) is 6.42 Å². The van der Waals surface area contributed by atoms with Gasteiger partial charge < -0.3 is 9.84 Å². The van der Waals surface area contributed by atoms with Crippen molar-refractivity contribution in [1.29, 1.82) is 0 Å². The second-order valence-corrected chi connectivity index (χ2v) is 5.22. The van der Waals surface area contributed by atoms with Gasteiger partial charge in [0.15, 0.2) is 0 Å². The van der Waals surface area contributed by atoms with Gasteiger partial charge in [0.1, 0.15) is 12.4 Å². The summed E-state index contributed by atoms with van der Waals surface area (Å²) in [5.41, 5.74) is 1.58. The van der Waals surface area contributed by atoms with E-state index in [2.05, 4.69) is 6.58 Å². The maximum absolute atomic E-state index is 10.8. The van der Waals surface area contributed by atoms with Crippen molar-refractivity contribution in [3.05, 3.63) is 42.0 Å². The molecule has 3 nitrogen and oxygen atoms in total. The Balaban J connectivity index is 2.75. The van der Waals surface area contributed by atoms with E-state index < -0.39 is 5.97 Å². The molecule has 0 atom stereocenters. The highest BCUT2D eigenvalue weighted by atomic mass is 16.5. The normalized spacial score (nSPS) is 11.1. The first kappa shape index (κ1) is 14.3. The maximum Gasteiger partial charge on any atom is 0.304 e. The van der Waals surface area contributed by atoms with Crippen LogP contribution in [-0.4, -0.2) is 17.7 Å². The van der Waals surface area contributed by atoms with Gasteiger partial charge in [0, 0.05) is 5.41 Å². The van der Waals surface area contributed by atoms with Crippen LogP contribution >= 0.6 is 0 Å². The summed E-state index contributed by atoms with van der Waals surface area (Å²) in [5.74, 6) is -0.0181. The molecule has 0 aliphatic heterocycles. The lowest BCUT2D eigenvalue weighted by atomic mass is 9.82. The van der Waals surface area contributed by atoms with E-state index in [0.29, 0.717) is 6.61 Å². The van der Waals surface area contributed by atoms with Crippen molar-refractivity contribution < 1.29 is 14.6 Å². The summed E-state index contributed by atoms with van der Waals surface area (Å²) in [4.78, 5) is 10.8. The third kappa shape index (κ3) is 4.24. The molecule has 98 valence electrons. The maximum atomic E-state index is 10.8. The van der Waals surface area contributed by atoms with Crippen molar-refractivity contribution in [3.8, 4) is 5.75 Å². The summed E-state index contributed by atoms with van der Waals surface area (Å²) >= 11 is 0. The zero-order valence-corrected chi connectivity index (χ0v) is 11.2. The lowest BCUT2D eigenvalue weighted by molar-refractivity contribution is -0.138. The Morgan fingerprint density at radius 3 is 2.33 bits per heavy atom. The molecule has 0 radical (unpaired) electrons. The van der Waals surface area contributed by atoms with Crippen LogP contribution in [0.25, 0.3) is 0 Å². The minimum Gasteiger partial charge on any atom is -0.489 e. The van der Waals surface area contributed by atoms with Crippen LogP contribution in [0.2, 0.25) is 0 Å². The Morgan fingerprint density at radius 1 is 1.33 bits per heavy atom. The first-order valence-corrected chi connectivity index (χ1v) is 5.91. The van der Waals surface area contributed by atoms with Crippen molar-refractivity contribution in [2.45, 2.75) is 32.6 Å². The van der Waals surface area contributed by atoms with Crippen LogP contribution in [0.15, 0.2) is 36.4 Å². The molecule has 0 unspecified atom stereocenters. The Labute approximate surface area is 108 Å². The Hall–Kier alpha value is -1.77. The summed E-state index contributed by atoms with van der Waals surface area (Å²) in [7, 11) is 0. The second kappa shape index (κ2) is 5.71. The lowest BCUT2D eigenvalue weighted by Gasteiger charge is -2.23. The standard InChI is InChI=1S/C15H20O3/c1-11(2)10-18-13-7-5-12(6-8-13)15(3,4)9-14(16)17/h5-8H,1,9-10H2,2-4H3,(H,16,17). The molecule has 0 amide bonds. The van der Waals surface area contributed by atoms with E-state index in [4.69, 9.17) is 9.84 Å². The molecule has 0 bridgehead atoms. The van der Waals surface area contributed by atoms with Crippen LogP contribution in [0.5, 0.6) is 5.75 Å². The highest BCUT2D eigenvalue weighted by Crippen LogP contribution is 2.28. The minimum atomic E-state index is -0.789. The van der Waals surface area contributed by atoms with E-state index in [-0.39, 0.29) is 11.8 Å². The third-order valence-corrected chi connectivity index (χ3v) is 2.71. The monoisotopic (exact) mass is 248 g/mol. The van der Waals surface area contributed by atoms with Crippen molar-refractivity contribution in [2.24, 2.45) is 0 Å². The molecular weight excluding hydrogens is 228 g/mol. The van der Waals surface area contributed by atoms with Crippen LogP contribution in [0.3, 0.4) is 0 Å². The van der Waals surface area contributed by atoms with E-state index in [9.17, 15) is 4.79 Å². The van der Waals surface area contributed by atoms with Crippen LogP contribution in [0.4, 0.5) is 0 Å². The number of rotatable bonds is 6. The fourth-order valence-electron chi connectivity index (χ4n) is 1.69. The van der Waals surface area contributed by atoms with Gasteiger partial charge >= 0.3 is 5.97 Å². The van der Waals surface area contributed by atoms with E-state index in [1.165, 1.54) is 0 Å². The molecule has 18 heavy (non-hydrogen) atoms. The van der Waals surface area contributed by atoms with Crippen LogP contribution in [0, 0.1) is 0 Å². The smallest absolute Gasteiger partial charge is 0.304 e. The molecule has 0 aliphatic carbocycles. The third-order valence-electron chi connectivity index (χ3n) is 2.71. The molecule has 0 fully saturated rings. The molecule has 0 aromatic heterocycles. The van der Waals surface area contributed by atoms with Crippen LogP contribution in [0.1, 0.15) is 32.8 Å². The highest BCUT2D eigenvalue weighted by molar-refractivity contribution is 5.68. The van der Waals surface area contributed by atoms with Gasteiger partial charge in [-0.2, -0.15) is 0 Å².